The molecule has 33 heavy (non-hydrogen) atoms. The maximum atomic E-state index is 13.4. The van der Waals surface area contributed by atoms with Crippen LogP contribution in [0.5, 0.6) is 0 Å². The van der Waals surface area contributed by atoms with Crippen molar-refractivity contribution in [3.8, 4) is 0 Å². The van der Waals surface area contributed by atoms with Crippen LogP contribution in [-0.4, -0.2) is 74.8 Å². The normalized spacial score (nSPS) is 18.8. The fourth-order valence-electron chi connectivity index (χ4n) is 3.97. The van der Waals surface area contributed by atoms with E-state index in [1.165, 1.54) is 16.2 Å². The second-order valence-corrected chi connectivity index (χ2v) is 10.1. The highest BCUT2D eigenvalue weighted by Gasteiger charge is 2.34. The Labute approximate surface area is 203 Å². The Balaban J connectivity index is 1.64. The molecule has 2 fully saturated rings. The van der Waals surface area contributed by atoms with Crippen LogP contribution in [0, 0.1) is 6.92 Å². The minimum atomic E-state index is -0.214. The largest absolute Gasteiger partial charge is 0.379 e. The van der Waals surface area contributed by atoms with Crippen molar-refractivity contribution >= 4 is 51.7 Å². The number of nitrogens with one attached hydrogen (secondary N) is 1. The standard InChI is InChI=1S/C23H29N5O3S2/c1-15(2)28-22(30)18(33-23(28)32)14-17-19(24-7-5-8-26-10-12-31-13-11-26)25-20-16(3)6-4-9-27(20)21(17)29/h4,6,9,14-15,24H,5,7-8,10-13H2,1-3H3/b18-14-. The fraction of sp³-hybridized carbons (Fsp3) is 0.478. The van der Waals surface area contributed by atoms with E-state index in [0.29, 0.717) is 32.8 Å². The van der Waals surface area contributed by atoms with E-state index in [1.54, 1.807) is 17.2 Å². The minimum Gasteiger partial charge on any atom is -0.379 e. The lowest BCUT2D eigenvalue weighted by Crippen LogP contribution is -2.37. The molecule has 176 valence electrons. The molecule has 0 aromatic carbocycles. The summed E-state index contributed by atoms with van der Waals surface area (Å²) in [6.07, 6.45) is 4.25. The quantitative estimate of drug-likeness (QED) is 0.363. The smallest absolute Gasteiger partial charge is 0.267 e. The lowest BCUT2D eigenvalue weighted by atomic mass is 10.2. The van der Waals surface area contributed by atoms with E-state index in [2.05, 4.69) is 10.2 Å². The third kappa shape index (κ3) is 5.13. The van der Waals surface area contributed by atoms with Crippen molar-refractivity contribution in [3.63, 3.8) is 0 Å². The van der Waals surface area contributed by atoms with Crippen molar-refractivity contribution in [3.05, 3.63) is 44.7 Å². The van der Waals surface area contributed by atoms with Gasteiger partial charge in [-0.2, -0.15) is 0 Å². The molecule has 2 aromatic rings. The average Bonchev–Trinajstić information content (AvgIpc) is 3.08. The van der Waals surface area contributed by atoms with Gasteiger partial charge in [-0.1, -0.05) is 30.0 Å². The maximum Gasteiger partial charge on any atom is 0.267 e. The predicted molar refractivity (Wildman–Crippen MR) is 137 cm³/mol. The summed E-state index contributed by atoms with van der Waals surface area (Å²) < 4.78 is 7.44. The number of anilines is 1. The molecule has 2 aliphatic rings. The van der Waals surface area contributed by atoms with Crippen molar-refractivity contribution < 1.29 is 9.53 Å². The summed E-state index contributed by atoms with van der Waals surface area (Å²) in [5.41, 5.74) is 1.66. The summed E-state index contributed by atoms with van der Waals surface area (Å²) in [5, 5.41) is 3.35. The van der Waals surface area contributed by atoms with Crippen LogP contribution in [0.3, 0.4) is 0 Å². The Morgan fingerprint density at radius 2 is 2.06 bits per heavy atom. The highest BCUT2D eigenvalue weighted by molar-refractivity contribution is 8.26. The monoisotopic (exact) mass is 487 g/mol. The van der Waals surface area contributed by atoms with Crippen molar-refractivity contribution in [1.82, 2.24) is 19.2 Å². The zero-order valence-electron chi connectivity index (χ0n) is 19.2. The molecule has 0 atom stereocenters. The van der Waals surface area contributed by atoms with Gasteiger partial charge in [0.25, 0.3) is 11.5 Å². The Morgan fingerprint density at radius 3 is 2.76 bits per heavy atom. The van der Waals surface area contributed by atoms with Gasteiger partial charge in [0.2, 0.25) is 0 Å². The Morgan fingerprint density at radius 1 is 1.30 bits per heavy atom. The number of carbonyl (C=O) groups excluding carboxylic acids is 1. The number of aromatic nitrogens is 2. The molecule has 2 saturated heterocycles. The second-order valence-electron chi connectivity index (χ2n) is 8.44. The number of amides is 1. The third-order valence-corrected chi connectivity index (χ3v) is 7.08. The number of aryl methyl sites for hydroxylation is 1. The van der Waals surface area contributed by atoms with Gasteiger partial charge in [0.05, 0.1) is 23.7 Å². The summed E-state index contributed by atoms with van der Waals surface area (Å²) in [4.78, 5) is 35.5. The number of thiocarbonyl (C=S) groups is 1. The highest BCUT2D eigenvalue weighted by Crippen LogP contribution is 2.34. The van der Waals surface area contributed by atoms with Crippen LogP contribution in [0.25, 0.3) is 11.7 Å². The molecule has 0 bridgehead atoms. The molecule has 2 aromatic heterocycles. The molecule has 4 rings (SSSR count). The predicted octanol–water partition coefficient (Wildman–Crippen LogP) is 2.75. The van der Waals surface area contributed by atoms with Crippen molar-refractivity contribution in [2.75, 3.05) is 44.7 Å². The Bertz CT molecular complexity index is 1150. The van der Waals surface area contributed by atoms with E-state index in [0.717, 1.165) is 44.8 Å². The summed E-state index contributed by atoms with van der Waals surface area (Å²) in [6, 6.07) is 3.71. The molecule has 1 N–H and O–H groups in total. The molecular formula is C23H29N5O3S2. The lowest BCUT2D eigenvalue weighted by molar-refractivity contribution is -0.123. The van der Waals surface area contributed by atoms with Gasteiger partial charge in [-0.15, -0.1) is 0 Å². The van der Waals surface area contributed by atoms with Crippen LogP contribution in [0.15, 0.2) is 28.0 Å². The topological polar surface area (TPSA) is 79.2 Å². The van der Waals surface area contributed by atoms with Crippen LogP contribution in [0.2, 0.25) is 0 Å². The number of ether oxygens (including phenoxy) is 1. The van der Waals surface area contributed by atoms with E-state index >= 15 is 0 Å². The molecule has 0 unspecified atom stereocenters. The fourth-order valence-corrected chi connectivity index (χ4v) is 5.47. The van der Waals surface area contributed by atoms with Gasteiger partial charge < -0.3 is 10.1 Å². The van der Waals surface area contributed by atoms with Crippen molar-refractivity contribution in [2.45, 2.75) is 33.2 Å². The number of carbonyl (C=O) groups is 1. The first-order valence-corrected chi connectivity index (χ1v) is 12.4. The van der Waals surface area contributed by atoms with Crippen LogP contribution >= 0.6 is 24.0 Å². The molecule has 4 heterocycles. The number of thioether (sulfide) groups is 1. The van der Waals surface area contributed by atoms with Gasteiger partial charge in [-0.05, 0) is 51.4 Å². The number of pyridine rings is 1. The summed E-state index contributed by atoms with van der Waals surface area (Å²) >= 11 is 6.62. The maximum absolute atomic E-state index is 13.4. The SMILES string of the molecule is Cc1cccn2c(=O)c(/C=C3\SC(=S)N(C(C)C)C3=O)c(NCCCN3CCOCC3)nc12. The first-order chi connectivity index (χ1) is 15.9. The number of morpholine rings is 1. The number of nitrogens with zero attached hydrogens (tertiary/aromatic N) is 4. The molecule has 1 amide bonds. The molecular weight excluding hydrogens is 458 g/mol. The summed E-state index contributed by atoms with van der Waals surface area (Å²) in [5.74, 6) is 0.318. The van der Waals surface area contributed by atoms with E-state index in [-0.39, 0.29) is 17.5 Å². The van der Waals surface area contributed by atoms with Crippen molar-refractivity contribution in [2.24, 2.45) is 0 Å². The molecule has 2 aliphatic heterocycles. The molecule has 0 aliphatic carbocycles. The molecule has 10 heteroatoms. The van der Waals surface area contributed by atoms with Gasteiger partial charge in [0.1, 0.15) is 15.8 Å². The van der Waals surface area contributed by atoms with E-state index < -0.39 is 0 Å². The summed E-state index contributed by atoms with van der Waals surface area (Å²) in [7, 11) is 0. The van der Waals surface area contributed by atoms with Crippen LogP contribution < -0.4 is 10.9 Å². The molecule has 0 spiro atoms. The molecule has 8 nitrogen and oxygen atoms in total. The number of fused-ring (bicyclic) bond motifs is 1. The Kier molecular flexibility index (Phi) is 7.48. The average molecular weight is 488 g/mol. The van der Waals surface area contributed by atoms with Gasteiger partial charge in [0.15, 0.2) is 0 Å². The van der Waals surface area contributed by atoms with E-state index in [4.69, 9.17) is 21.9 Å². The Hall–Kier alpha value is -2.27. The minimum absolute atomic E-state index is 0.0420. The number of rotatable bonds is 7. The van der Waals surface area contributed by atoms with Crippen LogP contribution in [0.1, 0.15) is 31.4 Å². The van der Waals surface area contributed by atoms with Gasteiger partial charge in [0, 0.05) is 31.9 Å². The lowest BCUT2D eigenvalue weighted by Gasteiger charge is -2.26. The number of hydrogen-bond acceptors (Lipinski definition) is 8. The second kappa shape index (κ2) is 10.3. The zero-order chi connectivity index (χ0) is 23.5. The summed E-state index contributed by atoms with van der Waals surface area (Å²) in [6.45, 7) is 10.8. The van der Waals surface area contributed by atoms with Gasteiger partial charge in [-0.25, -0.2) is 4.98 Å². The van der Waals surface area contributed by atoms with Crippen LogP contribution in [0.4, 0.5) is 5.82 Å². The first-order valence-electron chi connectivity index (χ1n) is 11.2. The number of hydrogen-bond donors (Lipinski definition) is 1. The van der Waals surface area contributed by atoms with E-state index in [9.17, 15) is 9.59 Å². The van der Waals surface area contributed by atoms with Crippen molar-refractivity contribution in [1.29, 1.82) is 0 Å². The van der Waals surface area contributed by atoms with Gasteiger partial charge in [-0.3, -0.25) is 23.8 Å². The van der Waals surface area contributed by atoms with Crippen LogP contribution in [-0.2, 0) is 9.53 Å². The van der Waals surface area contributed by atoms with Gasteiger partial charge >= 0.3 is 0 Å². The first kappa shape index (κ1) is 23.9. The van der Waals surface area contributed by atoms with E-state index in [1.807, 2.05) is 32.9 Å². The molecule has 0 radical (unpaired) electrons. The molecule has 0 saturated carbocycles. The zero-order valence-corrected chi connectivity index (χ0v) is 20.8. The third-order valence-electron chi connectivity index (χ3n) is 5.75. The highest BCUT2D eigenvalue weighted by atomic mass is 32.2.